The molecule has 0 spiro atoms. The van der Waals surface area contributed by atoms with E-state index in [1.165, 1.54) is 31.2 Å². The van der Waals surface area contributed by atoms with E-state index in [2.05, 4.69) is 41.1 Å². The Morgan fingerprint density at radius 1 is 1.37 bits per heavy atom. The SMILES string of the molecule is CNCc1cnc(N(C)C2CCCCC2C)nc1C. The predicted octanol–water partition coefficient (Wildman–Crippen LogP) is 2.52. The topological polar surface area (TPSA) is 41.1 Å². The normalized spacial score (nSPS) is 23.4. The largest absolute Gasteiger partial charge is 0.341 e. The summed E-state index contributed by atoms with van der Waals surface area (Å²) in [6.07, 6.45) is 7.24. The van der Waals surface area contributed by atoms with Gasteiger partial charge in [-0.2, -0.15) is 0 Å². The molecule has 2 unspecified atom stereocenters. The smallest absolute Gasteiger partial charge is 0.225 e. The van der Waals surface area contributed by atoms with Gasteiger partial charge in [0.1, 0.15) is 0 Å². The van der Waals surface area contributed by atoms with Crippen LogP contribution in [0.5, 0.6) is 0 Å². The number of aromatic nitrogens is 2. The summed E-state index contributed by atoms with van der Waals surface area (Å²) in [5, 5.41) is 3.15. The van der Waals surface area contributed by atoms with Crippen molar-refractivity contribution >= 4 is 5.95 Å². The van der Waals surface area contributed by atoms with Crippen LogP contribution in [-0.4, -0.2) is 30.1 Å². The number of hydrogen-bond acceptors (Lipinski definition) is 4. The molecule has 1 saturated carbocycles. The van der Waals surface area contributed by atoms with Crippen molar-refractivity contribution in [3.8, 4) is 0 Å². The quantitative estimate of drug-likeness (QED) is 0.905. The average Bonchev–Trinajstić information content (AvgIpc) is 2.41. The van der Waals surface area contributed by atoms with Gasteiger partial charge in [-0.1, -0.05) is 19.8 Å². The van der Waals surface area contributed by atoms with Crippen LogP contribution in [0.25, 0.3) is 0 Å². The summed E-state index contributed by atoms with van der Waals surface area (Å²) in [4.78, 5) is 11.5. The van der Waals surface area contributed by atoms with Crippen LogP contribution in [0.15, 0.2) is 6.20 Å². The Morgan fingerprint density at radius 2 is 2.11 bits per heavy atom. The molecule has 0 amide bonds. The Morgan fingerprint density at radius 3 is 2.74 bits per heavy atom. The monoisotopic (exact) mass is 262 g/mol. The highest BCUT2D eigenvalue weighted by atomic mass is 15.3. The summed E-state index contributed by atoms with van der Waals surface area (Å²) >= 11 is 0. The lowest BCUT2D eigenvalue weighted by Gasteiger charge is -2.36. The third-order valence-corrected chi connectivity index (χ3v) is 4.31. The summed E-state index contributed by atoms with van der Waals surface area (Å²) in [5.74, 6) is 1.61. The van der Waals surface area contributed by atoms with Crippen LogP contribution >= 0.6 is 0 Å². The summed E-state index contributed by atoms with van der Waals surface area (Å²) < 4.78 is 0. The lowest BCUT2D eigenvalue weighted by Crippen LogP contribution is -2.40. The summed E-state index contributed by atoms with van der Waals surface area (Å²) in [6.45, 7) is 5.24. The van der Waals surface area contributed by atoms with Crippen LogP contribution in [0.4, 0.5) is 5.95 Å². The number of hydrogen-bond donors (Lipinski definition) is 1. The molecule has 1 fully saturated rings. The fraction of sp³-hybridized carbons (Fsp3) is 0.733. The maximum atomic E-state index is 4.68. The number of rotatable bonds is 4. The first kappa shape index (κ1) is 14.3. The molecule has 1 heterocycles. The van der Waals surface area contributed by atoms with E-state index in [4.69, 9.17) is 0 Å². The molecule has 1 N–H and O–H groups in total. The molecule has 106 valence electrons. The molecule has 2 rings (SSSR count). The summed E-state index contributed by atoms with van der Waals surface area (Å²) in [6, 6.07) is 0.586. The van der Waals surface area contributed by atoms with Gasteiger partial charge < -0.3 is 10.2 Å². The molecule has 0 saturated heterocycles. The molecule has 2 atom stereocenters. The zero-order valence-corrected chi connectivity index (χ0v) is 12.6. The van der Waals surface area contributed by atoms with E-state index < -0.39 is 0 Å². The Balaban J connectivity index is 2.14. The van der Waals surface area contributed by atoms with Crippen molar-refractivity contribution in [3.05, 3.63) is 17.5 Å². The first-order valence-corrected chi connectivity index (χ1v) is 7.33. The van der Waals surface area contributed by atoms with Gasteiger partial charge >= 0.3 is 0 Å². The molecule has 1 aromatic rings. The molecule has 4 heteroatoms. The van der Waals surface area contributed by atoms with Gasteiger partial charge in [-0.05, 0) is 32.7 Å². The standard InChI is InChI=1S/C15H26N4/c1-11-7-5-6-8-14(11)19(4)15-17-10-13(9-16-3)12(2)18-15/h10-11,14,16H,5-9H2,1-4H3. The van der Waals surface area contributed by atoms with Gasteiger partial charge in [0, 0.05) is 37.1 Å². The highest BCUT2D eigenvalue weighted by Gasteiger charge is 2.26. The molecule has 1 aromatic heterocycles. The highest BCUT2D eigenvalue weighted by molar-refractivity contribution is 5.33. The van der Waals surface area contributed by atoms with Crippen LogP contribution in [0.1, 0.15) is 43.9 Å². The van der Waals surface area contributed by atoms with E-state index in [9.17, 15) is 0 Å². The zero-order chi connectivity index (χ0) is 13.8. The van der Waals surface area contributed by atoms with E-state index >= 15 is 0 Å². The molecular weight excluding hydrogens is 236 g/mol. The van der Waals surface area contributed by atoms with Crippen molar-refractivity contribution < 1.29 is 0 Å². The number of aryl methyl sites for hydroxylation is 1. The van der Waals surface area contributed by atoms with Gasteiger partial charge in [-0.25, -0.2) is 9.97 Å². The number of nitrogens with zero attached hydrogens (tertiary/aromatic N) is 3. The molecule has 0 aromatic carbocycles. The van der Waals surface area contributed by atoms with Crippen molar-refractivity contribution in [1.29, 1.82) is 0 Å². The fourth-order valence-corrected chi connectivity index (χ4v) is 3.03. The van der Waals surface area contributed by atoms with Gasteiger partial charge in [0.15, 0.2) is 0 Å². The number of anilines is 1. The minimum absolute atomic E-state index is 0.586. The van der Waals surface area contributed by atoms with Crippen molar-refractivity contribution in [2.45, 2.75) is 52.1 Å². The van der Waals surface area contributed by atoms with Gasteiger partial charge in [0.2, 0.25) is 5.95 Å². The second kappa shape index (κ2) is 6.33. The predicted molar refractivity (Wildman–Crippen MR) is 79.4 cm³/mol. The molecule has 1 aliphatic rings. The Bertz CT molecular complexity index is 419. The van der Waals surface area contributed by atoms with Crippen molar-refractivity contribution in [2.75, 3.05) is 19.0 Å². The maximum Gasteiger partial charge on any atom is 0.225 e. The van der Waals surface area contributed by atoms with Gasteiger partial charge in [0.25, 0.3) is 0 Å². The molecule has 4 nitrogen and oxygen atoms in total. The Kier molecular flexibility index (Phi) is 4.75. The van der Waals surface area contributed by atoms with Crippen LogP contribution in [-0.2, 0) is 6.54 Å². The van der Waals surface area contributed by atoms with E-state index in [0.29, 0.717) is 6.04 Å². The Hall–Kier alpha value is -1.16. The van der Waals surface area contributed by atoms with E-state index in [-0.39, 0.29) is 0 Å². The van der Waals surface area contributed by atoms with Crippen molar-refractivity contribution in [3.63, 3.8) is 0 Å². The van der Waals surface area contributed by atoms with Crippen molar-refractivity contribution in [2.24, 2.45) is 5.92 Å². The minimum Gasteiger partial charge on any atom is -0.341 e. The van der Waals surface area contributed by atoms with E-state index in [1.807, 2.05) is 13.2 Å². The summed E-state index contributed by atoms with van der Waals surface area (Å²) in [7, 11) is 4.09. The third kappa shape index (κ3) is 3.24. The highest BCUT2D eigenvalue weighted by Crippen LogP contribution is 2.29. The maximum absolute atomic E-state index is 4.68. The summed E-state index contributed by atoms with van der Waals surface area (Å²) in [5.41, 5.74) is 2.26. The second-order valence-electron chi connectivity index (χ2n) is 5.75. The van der Waals surface area contributed by atoms with Crippen LogP contribution in [0.2, 0.25) is 0 Å². The van der Waals surface area contributed by atoms with Crippen LogP contribution in [0, 0.1) is 12.8 Å². The van der Waals surface area contributed by atoms with E-state index in [0.717, 1.165) is 24.1 Å². The molecule has 0 bridgehead atoms. The lowest BCUT2D eigenvalue weighted by molar-refractivity contribution is 0.319. The van der Waals surface area contributed by atoms with Gasteiger partial charge in [0.05, 0.1) is 0 Å². The first-order valence-electron chi connectivity index (χ1n) is 7.33. The van der Waals surface area contributed by atoms with Crippen LogP contribution < -0.4 is 10.2 Å². The fourth-order valence-electron chi connectivity index (χ4n) is 3.03. The molecule has 0 aliphatic heterocycles. The Labute approximate surface area is 116 Å². The molecule has 0 radical (unpaired) electrons. The zero-order valence-electron chi connectivity index (χ0n) is 12.6. The van der Waals surface area contributed by atoms with Gasteiger partial charge in [-0.3, -0.25) is 0 Å². The minimum atomic E-state index is 0.586. The van der Waals surface area contributed by atoms with E-state index in [1.54, 1.807) is 0 Å². The van der Waals surface area contributed by atoms with Crippen molar-refractivity contribution in [1.82, 2.24) is 15.3 Å². The number of nitrogens with one attached hydrogen (secondary N) is 1. The molecular formula is C15H26N4. The molecule has 19 heavy (non-hydrogen) atoms. The van der Waals surface area contributed by atoms with Gasteiger partial charge in [-0.15, -0.1) is 0 Å². The molecule has 1 aliphatic carbocycles. The van der Waals surface area contributed by atoms with Crippen LogP contribution in [0.3, 0.4) is 0 Å². The third-order valence-electron chi connectivity index (χ3n) is 4.31. The second-order valence-corrected chi connectivity index (χ2v) is 5.75. The first-order chi connectivity index (χ1) is 9.13. The lowest BCUT2D eigenvalue weighted by atomic mass is 9.85. The average molecular weight is 262 g/mol.